The molecule has 2 rings (SSSR count). The minimum Gasteiger partial charge on any atom is -0.328 e. The van der Waals surface area contributed by atoms with E-state index in [4.69, 9.17) is 28.9 Å². The summed E-state index contributed by atoms with van der Waals surface area (Å²) in [6.45, 7) is 4.93. The van der Waals surface area contributed by atoms with Crippen LogP contribution in [0.5, 0.6) is 0 Å². The molecule has 100 valence electrons. The van der Waals surface area contributed by atoms with Gasteiger partial charge < -0.3 is 5.73 Å². The van der Waals surface area contributed by atoms with Gasteiger partial charge in [-0.25, -0.2) is 4.98 Å². The molecule has 0 spiro atoms. The molecular weight excluding hydrogens is 269 g/mol. The number of piperidine rings is 1. The van der Waals surface area contributed by atoms with Crippen molar-refractivity contribution >= 4 is 23.2 Å². The summed E-state index contributed by atoms with van der Waals surface area (Å²) >= 11 is 12.0. The molecule has 1 aliphatic rings. The zero-order valence-corrected chi connectivity index (χ0v) is 12.1. The van der Waals surface area contributed by atoms with Crippen molar-refractivity contribution in [3.05, 3.63) is 28.0 Å². The summed E-state index contributed by atoms with van der Waals surface area (Å²) in [5.74, 6) is 0.566. The van der Waals surface area contributed by atoms with E-state index in [2.05, 4.69) is 16.8 Å². The van der Waals surface area contributed by atoms with Crippen LogP contribution in [0.3, 0.4) is 0 Å². The first-order valence-corrected chi connectivity index (χ1v) is 7.10. The average Bonchev–Trinajstić information content (AvgIpc) is 2.34. The van der Waals surface area contributed by atoms with Crippen molar-refractivity contribution in [2.24, 2.45) is 11.7 Å². The minimum atomic E-state index is 0.246. The number of rotatable bonds is 3. The van der Waals surface area contributed by atoms with Gasteiger partial charge in [0.05, 0.1) is 10.7 Å². The van der Waals surface area contributed by atoms with E-state index in [9.17, 15) is 0 Å². The monoisotopic (exact) mass is 287 g/mol. The lowest BCUT2D eigenvalue weighted by molar-refractivity contribution is 0.153. The fourth-order valence-corrected chi connectivity index (χ4v) is 2.77. The van der Waals surface area contributed by atoms with Gasteiger partial charge in [0.1, 0.15) is 5.15 Å². The second-order valence-corrected chi connectivity index (χ2v) is 5.85. The summed E-state index contributed by atoms with van der Waals surface area (Å²) in [5, 5.41) is 1.18. The molecule has 0 radical (unpaired) electrons. The maximum absolute atomic E-state index is 6.14. The van der Waals surface area contributed by atoms with Crippen LogP contribution in [0.2, 0.25) is 10.2 Å². The van der Waals surface area contributed by atoms with Gasteiger partial charge in [0.15, 0.2) is 0 Å². The van der Waals surface area contributed by atoms with Crippen LogP contribution in [0.1, 0.15) is 25.5 Å². The van der Waals surface area contributed by atoms with Crippen LogP contribution in [-0.4, -0.2) is 29.0 Å². The van der Waals surface area contributed by atoms with Crippen molar-refractivity contribution in [2.45, 2.75) is 32.4 Å². The third kappa shape index (κ3) is 3.58. The number of hydrogen-bond donors (Lipinski definition) is 1. The highest BCUT2D eigenvalue weighted by molar-refractivity contribution is 6.32. The number of nitrogens with two attached hydrogens (primary N) is 1. The number of likely N-dealkylation sites (tertiary alicyclic amines) is 1. The zero-order valence-electron chi connectivity index (χ0n) is 10.6. The Morgan fingerprint density at radius 3 is 3.00 bits per heavy atom. The molecule has 2 atom stereocenters. The molecule has 1 saturated heterocycles. The fourth-order valence-electron chi connectivity index (χ4n) is 2.44. The molecule has 2 unspecified atom stereocenters. The molecule has 1 aliphatic heterocycles. The third-order valence-corrected chi connectivity index (χ3v) is 4.10. The van der Waals surface area contributed by atoms with Gasteiger partial charge in [-0.3, -0.25) is 4.90 Å². The van der Waals surface area contributed by atoms with Gasteiger partial charge >= 0.3 is 0 Å². The molecular formula is C13H19Cl2N3. The third-order valence-electron chi connectivity index (χ3n) is 3.54. The Kier molecular flexibility index (Phi) is 4.84. The second-order valence-electron chi connectivity index (χ2n) is 5.06. The smallest absolute Gasteiger partial charge is 0.129 e. The Labute approximate surface area is 118 Å². The average molecular weight is 288 g/mol. The Balaban J connectivity index is 2.02. The molecule has 2 N–H and O–H groups in total. The van der Waals surface area contributed by atoms with Crippen LogP contribution < -0.4 is 5.73 Å². The Hall–Kier alpha value is -0.350. The quantitative estimate of drug-likeness (QED) is 0.869. The van der Waals surface area contributed by atoms with Gasteiger partial charge in [0.2, 0.25) is 0 Å². The largest absolute Gasteiger partial charge is 0.328 e. The molecule has 5 heteroatoms. The van der Waals surface area contributed by atoms with Gasteiger partial charge in [-0.05, 0) is 44.4 Å². The highest BCUT2D eigenvalue weighted by Crippen LogP contribution is 2.23. The topological polar surface area (TPSA) is 42.1 Å². The van der Waals surface area contributed by atoms with Crippen molar-refractivity contribution in [3.8, 4) is 0 Å². The lowest BCUT2D eigenvalue weighted by atomic mass is 9.92. The predicted molar refractivity (Wildman–Crippen MR) is 75.9 cm³/mol. The van der Waals surface area contributed by atoms with Gasteiger partial charge in [0, 0.05) is 19.1 Å². The molecule has 2 heterocycles. The number of hydrogen-bond acceptors (Lipinski definition) is 3. The van der Waals surface area contributed by atoms with Crippen LogP contribution in [0, 0.1) is 5.92 Å². The Morgan fingerprint density at radius 1 is 1.50 bits per heavy atom. The summed E-state index contributed by atoms with van der Waals surface area (Å²) in [4.78, 5) is 6.66. The van der Waals surface area contributed by atoms with Gasteiger partial charge in [-0.1, -0.05) is 23.2 Å². The molecule has 3 nitrogen and oxygen atoms in total. The fraction of sp³-hybridized carbons (Fsp3) is 0.615. The van der Waals surface area contributed by atoms with E-state index in [1.54, 1.807) is 12.1 Å². The van der Waals surface area contributed by atoms with E-state index in [0.717, 1.165) is 25.3 Å². The number of aromatic nitrogens is 1. The van der Waals surface area contributed by atoms with Crippen LogP contribution in [0.15, 0.2) is 12.1 Å². The van der Waals surface area contributed by atoms with Crippen molar-refractivity contribution in [1.82, 2.24) is 9.88 Å². The van der Waals surface area contributed by atoms with Crippen molar-refractivity contribution in [1.29, 1.82) is 0 Å². The second kappa shape index (κ2) is 6.20. The zero-order chi connectivity index (χ0) is 13.1. The normalized spacial score (nSPS) is 23.0. The summed E-state index contributed by atoms with van der Waals surface area (Å²) < 4.78 is 0. The molecule has 1 fully saturated rings. The SMILES string of the molecule is CC(N)C1CCCN(Cc2nc(Cl)ccc2Cl)C1. The van der Waals surface area contributed by atoms with Crippen LogP contribution >= 0.6 is 23.2 Å². The lowest BCUT2D eigenvalue weighted by Gasteiger charge is -2.34. The van der Waals surface area contributed by atoms with Gasteiger partial charge in [-0.15, -0.1) is 0 Å². The van der Waals surface area contributed by atoms with Crippen LogP contribution in [0.25, 0.3) is 0 Å². The first kappa shape index (κ1) is 14.1. The minimum absolute atomic E-state index is 0.246. The van der Waals surface area contributed by atoms with E-state index in [1.165, 1.54) is 12.8 Å². The molecule has 0 aromatic carbocycles. The van der Waals surface area contributed by atoms with Crippen LogP contribution in [-0.2, 0) is 6.54 Å². The summed E-state index contributed by atoms with van der Waals surface area (Å²) in [5.41, 5.74) is 6.84. The van der Waals surface area contributed by atoms with E-state index in [0.29, 0.717) is 16.1 Å². The molecule has 1 aromatic heterocycles. The first-order valence-electron chi connectivity index (χ1n) is 6.35. The maximum Gasteiger partial charge on any atom is 0.129 e. The molecule has 0 amide bonds. The van der Waals surface area contributed by atoms with E-state index in [1.807, 2.05) is 0 Å². The highest BCUT2D eigenvalue weighted by atomic mass is 35.5. The van der Waals surface area contributed by atoms with Crippen LogP contribution in [0.4, 0.5) is 0 Å². The van der Waals surface area contributed by atoms with Crippen molar-refractivity contribution in [2.75, 3.05) is 13.1 Å². The van der Waals surface area contributed by atoms with Crippen molar-refractivity contribution in [3.63, 3.8) is 0 Å². The summed E-state index contributed by atoms with van der Waals surface area (Å²) in [7, 11) is 0. The number of nitrogens with zero attached hydrogens (tertiary/aromatic N) is 2. The maximum atomic E-state index is 6.14. The number of pyridine rings is 1. The van der Waals surface area contributed by atoms with Gasteiger partial charge in [0.25, 0.3) is 0 Å². The van der Waals surface area contributed by atoms with E-state index < -0.39 is 0 Å². The van der Waals surface area contributed by atoms with Gasteiger partial charge in [-0.2, -0.15) is 0 Å². The molecule has 18 heavy (non-hydrogen) atoms. The Bertz CT molecular complexity index is 409. The predicted octanol–water partition coefficient (Wildman–Crippen LogP) is 2.95. The highest BCUT2D eigenvalue weighted by Gasteiger charge is 2.23. The van der Waals surface area contributed by atoms with Crippen molar-refractivity contribution < 1.29 is 0 Å². The standard InChI is InChI=1S/C13H19Cl2N3/c1-9(16)10-3-2-6-18(7-10)8-12-11(14)4-5-13(15)17-12/h4-5,9-10H,2-3,6-8,16H2,1H3. The molecule has 1 aromatic rings. The van der Waals surface area contributed by atoms with E-state index in [-0.39, 0.29) is 6.04 Å². The Morgan fingerprint density at radius 2 is 2.28 bits per heavy atom. The molecule has 0 saturated carbocycles. The number of halogens is 2. The lowest BCUT2D eigenvalue weighted by Crippen LogP contribution is -2.42. The summed E-state index contributed by atoms with van der Waals surface area (Å²) in [6.07, 6.45) is 2.40. The summed E-state index contributed by atoms with van der Waals surface area (Å²) in [6, 6.07) is 3.77. The molecule has 0 aliphatic carbocycles. The first-order chi connectivity index (χ1) is 8.56. The molecule has 0 bridgehead atoms. The van der Waals surface area contributed by atoms with E-state index >= 15 is 0 Å².